The Morgan fingerprint density at radius 3 is 2.43 bits per heavy atom. The first-order chi connectivity index (χ1) is 13.7. The summed E-state index contributed by atoms with van der Waals surface area (Å²) in [5, 5.41) is 2.74. The maximum atomic E-state index is 13.2. The third-order valence-electron chi connectivity index (χ3n) is 5.38. The highest BCUT2D eigenvalue weighted by atomic mass is 16.2. The molecule has 0 bridgehead atoms. The number of carbonyl (C=O) groups excluding carboxylic acids is 2. The molecule has 0 atom stereocenters. The van der Waals surface area contributed by atoms with Crippen LogP contribution in [-0.4, -0.2) is 31.4 Å². The molecular weight excluding hydrogens is 350 g/mol. The van der Waals surface area contributed by atoms with E-state index in [0.717, 1.165) is 35.9 Å². The third-order valence-corrected chi connectivity index (χ3v) is 5.38. The highest BCUT2D eigenvalue weighted by Crippen LogP contribution is 2.37. The SMILES string of the molecule is C=CC(=O)NCc1ccc(C(=O)N2CCN(CC3CC3)c3ccccc32)cc1. The van der Waals surface area contributed by atoms with Crippen molar-refractivity contribution in [2.75, 3.05) is 29.4 Å². The molecule has 1 aliphatic carbocycles. The first-order valence-electron chi connectivity index (χ1n) is 9.81. The maximum Gasteiger partial charge on any atom is 0.258 e. The highest BCUT2D eigenvalue weighted by Gasteiger charge is 2.31. The molecule has 2 amide bonds. The molecule has 1 saturated carbocycles. The number of para-hydroxylation sites is 2. The first kappa shape index (κ1) is 18.3. The van der Waals surface area contributed by atoms with Crippen LogP contribution in [0.15, 0.2) is 61.2 Å². The molecule has 4 rings (SSSR count). The van der Waals surface area contributed by atoms with Crippen LogP contribution in [0.2, 0.25) is 0 Å². The number of amides is 2. The Morgan fingerprint density at radius 2 is 1.75 bits per heavy atom. The molecule has 28 heavy (non-hydrogen) atoms. The number of nitrogens with one attached hydrogen (secondary N) is 1. The zero-order chi connectivity index (χ0) is 19.5. The fourth-order valence-electron chi connectivity index (χ4n) is 3.62. The molecule has 0 saturated heterocycles. The molecule has 2 aliphatic rings. The minimum atomic E-state index is -0.208. The van der Waals surface area contributed by atoms with Gasteiger partial charge in [0.15, 0.2) is 0 Å². The van der Waals surface area contributed by atoms with E-state index >= 15 is 0 Å². The van der Waals surface area contributed by atoms with E-state index in [4.69, 9.17) is 0 Å². The quantitative estimate of drug-likeness (QED) is 0.788. The van der Waals surface area contributed by atoms with Crippen LogP contribution in [0.25, 0.3) is 0 Å². The fraction of sp³-hybridized carbons (Fsp3) is 0.304. The first-order valence-corrected chi connectivity index (χ1v) is 9.81. The Morgan fingerprint density at radius 1 is 1.04 bits per heavy atom. The van der Waals surface area contributed by atoms with Gasteiger partial charge in [-0.25, -0.2) is 0 Å². The van der Waals surface area contributed by atoms with Crippen LogP contribution in [0.3, 0.4) is 0 Å². The normalized spacial score (nSPS) is 15.7. The average molecular weight is 375 g/mol. The number of carbonyl (C=O) groups is 2. The molecule has 2 aromatic rings. The molecule has 5 nitrogen and oxygen atoms in total. The van der Waals surface area contributed by atoms with Crippen molar-refractivity contribution in [3.8, 4) is 0 Å². The van der Waals surface area contributed by atoms with E-state index in [1.54, 1.807) is 0 Å². The highest BCUT2D eigenvalue weighted by molar-refractivity contribution is 6.08. The molecule has 1 fully saturated rings. The van der Waals surface area contributed by atoms with Gasteiger partial charge in [0.2, 0.25) is 5.91 Å². The second-order valence-electron chi connectivity index (χ2n) is 7.45. The standard InChI is InChI=1S/C23H25N3O2/c1-2-22(27)24-15-17-9-11-19(12-10-17)23(28)26-14-13-25(16-18-7-8-18)20-5-3-4-6-21(20)26/h2-6,9-12,18H,1,7-8,13-16H2,(H,24,27). The Balaban J connectivity index is 1.49. The van der Waals surface area contributed by atoms with E-state index in [1.165, 1.54) is 18.9 Å². The summed E-state index contributed by atoms with van der Waals surface area (Å²) in [5.41, 5.74) is 3.74. The summed E-state index contributed by atoms with van der Waals surface area (Å²) < 4.78 is 0. The summed E-state index contributed by atoms with van der Waals surface area (Å²) in [5.74, 6) is 0.616. The molecule has 0 radical (unpaired) electrons. The van der Waals surface area contributed by atoms with E-state index in [1.807, 2.05) is 47.4 Å². The van der Waals surface area contributed by atoms with Crippen LogP contribution < -0.4 is 15.1 Å². The van der Waals surface area contributed by atoms with Crippen LogP contribution in [0.5, 0.6) is 0 Å². The number of benzene rings is 2. The van der Waals surface area contributed by atoms with E-state index in [-0.39, 0.29) is 11.8 Å². The van der Waals surface area contributed by atoms with Gasteiger partial charge in [0.25, 0.3) is 5.91 Å². The maximum absolute atomic E-state index is 13.2. The van der Waals surface area contributed by atoms with Crippen LogP contribution in [0.1, 0.15) is 28.8 Å². The molecule has 5 heteroatoms. The van der Waals surface area contributed by atoms with Gasteiger partial charge in [0.05, 0.1) is 11.4 Å². The minimum Gasteiger partial charge on any atom is -0.368 e. The summed E-state index contributed by atoms with van der Waals surface area (Å²) in [6, 6.07) is 15.6. The van der Waals surface area contributed by atoms with Crippen LogP contribution in [0, 0.1) is 5.92 Å². The van der Waals surface area contributed by atoms with Crippen molar-refractivity contribution < 1.29 is 9.59 Å². The lowest BCUT2D eigenvalue weighted by molar-refractivity contribution is -0.116. The van der Waals surface area contributed by atoms with Crippen molar-refractivity contribution in [2.24, 2.45) is 5.92 Å². The molecule has 0 aromatic heterocycles. The van der Waals surface area contributed by atoms with Gasteiger partial charge >= 0.3 is 0 Å². The van der Waals surface area contributed by atoms with E-state index in [0.29, 0.717) is 18.7 Å². The molecule has 1 N–H and O–H groups in total. The van der Waals surface area contributed by atoms with Gasteiger partial charge < -0.3 is 15.1 Å². The molecule has 0 spiro atoms. The molecule has 1 heterocycles. The summed E-state index contributed by atoms with van der Waals surface area (Å²) in [6.45, 7) is 6.51. The Kier molecular flexibility index (Phi) is 5.15. The Hall–Kier alpha value is -3.08. The average Bonchev–Trinajstić information content (AvgIpc) is 3.56. The summed E-state index contributed by atoms with van der Waals surface area (Å²) in [6.07, 6.45) is 3.89. The fourth-order valence-corrected chi connectivity index (χ4v) is 3.62. The van der Waals surface area contributed by atoms with Crippen LogP contribution in [0.4, 0.5) is 11.4 Å². The summed E-state index contributed by atoms with van der Waals surface area (Å²) in [4.78, 5) is 28.7. The zero-order valence-corrected chi connectivity index (χ0v) is 15.9. The smallest absolute Gasteiger partial charge is 0.258 e. The van der Waals surface area contributed by atoms with Crippen molar-refractivity contribution in [3.05, 3.63) is 72.3 Å². The molecule has 144 valence electrons. The molecule has 1 aliphatic heterocycles. The minimum absolute atomic E-state index is 0.0141. The van der Waals surface area contributed by atoms with Crippen molar-refractivity contribution in [1.29, 1.82) is 0 Å². The van der Waals surface area contributed by atoms with Gasteiger partial charge in [0.1, 0.15) is 0 Å². The molecule has 2 aromatic carbocycles. The number of hydrogen-bond donors (Lipinski definition) is 1. The van der Waals surface area contributed by atoms with Gasteiger partial charge in [-0.05, 0) is 54.7 Å². The van der Waals surface area contributed by atoms with E-state index < -0.39 is 0 Å². The number of fused-ring (bicyclic) bond motifs is 1. The largest absolute Gasteiger partial charge is 0.368 e. The van der Waals surface area contributed by atoms with Gasteiger partial charge in [-0.2, -0.15) is 0 Å². The van der Waals surface area contributed by atoms with Crippen molar-refractivity contribution in [3.63, 3.8) is 0 Å². The second-order valence-corrected chi connectivity index (χ2v) is 7.45. The zero-order valence-electron chi connectivity index (χ0n) is 15.9. The van der Waals surface area contributed by atoms with Crippen molar-refractivity contribution >= 4 is 23.2 Å². The lowest BCUT2D eigenvalue weighted by Crippen LogP contribution is -2.44. The van der Waals surface area contributed by atoms with E-state index in [2.05, 4.69) is 22.9 Å². The van der Waals surface area contributed by atoms with Gasteiger partial charge in [-0.15, -0.1) is 0 Å². The summed E-state index contributed by atoms with van der Waals surface area (Å²) in [7, 11) is 0. The van der Waals surface area contributed by atoms with Crippen molar-refractivity contribution in [1.82, 2.24) is 5.32 Å². The molecule has 0 unspecified atom stereocenters. The van der Waals surface area contributed by atoms with Gasteiger partial charge in [-0.1, -0.05) is 30.8 Å². The number of rotatable bonds is 6. The topological polar surface area (TPSA) is 52.7 Å². The van der Waals surface area contributed by atoms with Crippen LogP contribution >= 0.6 is 0 Å². The summed E-state index contributed by atoms with van der Waals surface area (Å²) >= 11 is 0. The lowest BCUT2D eigenvalue weighted by atomic mass is 10.1. The van der Waals surface area contributed by atoms with E-state index in [9.17, 15) is 9.59 Å². The monoisotopic (exact) mass is 375 g/mol. The predicted molar refractivity (Wildman–Crippen MR) is 112 cm³/mol. The predicted octanol–water partition coefficient (Wildman–Crippen LogP) is 3.37. The van der Waals surface area contributed by atoms with Gasteiger partial charge in [-0.3, -0.25) is 9.59 Å². The number of nitrogens with zero attached hydrogens (tertiary/aromatic N) is 2. The van der Waals surface area contributed by atoms with Crippen molar-refractivity contribution in [2.45, 2.75) is 19.4 Å². The Bertz CT molecular complexity index is 887. The van der Waals surface area contributed by atoms with Crippen LogP contribution in [-0.2, 0) is 11.3 Å². The number of hydrogen-bond acceptors (Lipinski definition) is 3. The second kappa shape index (κ2) is 7.89. The number of anilines is 2. The van der Waals surface area contributed by atoms with Gasteiger partial charge in [0, 0.05) is 31.7 Å². The third kappa shape index (κ3) is 3.93. The molecular formula is C23H25N3O2. The lowest BCUT2D eigenvalue weighted by Gasteiger charge is -2.38. The Labute approximate surface area is 165 Å².